The zero-order valence-corrected chi connectivity index (χ0v) is 11.4. The molecular formula is C11H21NO4S. The number of sulfonamides is 1. The van der Waals surface area contributed by atoms with Gasteiger partial charge in [0.25, 0.3) is 0 Å². The van der Waals surface area contributed by atoms with Crippen LogP contribution in [-0.4, -0.2) is 30.8 Å². The summed E-state index contributed by atoms with van der Waals surface area (Å²) in [6.45, 7) is 5.53. The molecule has 0 unspecified atom stereocenters. The maximum atomic E-state index is 11.9. The number of carboxylic acids is 1. The van der Waals surface area contributed by atoms with Crippen LogP contribution in [-0.2, 0) is 14.8 Å². The Labute approximate surface area is 103 Å². The molecule has 1 aliphatic rings. The van der Waals surface area contributed by atoms with Gasteiger partial charge >= 0.3 is 5.97 Å². The molecule has 0 aromatic rings. The van der Waals surface area contributed by atoms with Gasteiger partial charge in [0.2, 0.25) is 10.0 Å². The molecule has 0 atom stereocenters. The Morgan fingerprint density at radius 2 is 1.88 bits per heavy atom. The van der Waals surface area contributed by atoms with Gasteiger partial charge < -0.3 is 5.11 Å². The number of carboxylic acid groups (broad SMARTS) is 1. The van der Waals surface area contributed by atoms with Crippen molar-refractivity contribution < 1.29 is 18.3 Å². The van der Waals surface area contributed by atoms with Crippen LogP contribution in [0.1, 0.15) is 46.5 Å². The van der Waals surface area contributed by atoms with E-state index in [9.17, 15) is 13.2 Å². The van der Waals surface area contributed by atoms with E-state index in [0.29, 0.717) is 12.8 Å². The number of hydrogen-bond donors (Lipinski definition) is 2. The maximum Gasteiger partial charge on any atom is 0.305 e. The molecule has 1 aliphatic carbocycles. The first kappa shape index (κ1) is 14.4. The van der Waals surface area contributed by atoms with Gasteiger partial charge in [-0.2, -0.15) is 0 Å². The molecule has 0 radical (unpaired) electrons. The second-order valence-corrected chi connectivity index (χ2v) is 7.85. The zero-order chi connectivity index (χ0) is 13.3. The average Bonchev–Trinajstić information content (AvgIpc) is 1.93. The van der Waals surface area contributed by atoms with Crippen molar-refractivity contribution >= 4 is 16.0 Å². The number of nitrogens with one attached hydrogen (secondary N) is 1. The van der Waals surface area contributed by atoms with E-state index in [2.05, 4.69) is 4.72 Å². The van der Waals surface area contributed by atoms with Gasteiger partial charge in [0.15, 0.2) is 0 Å². The van der Waals surface area contributed by atoms with Crippen molar-refractivity contribution in [3.8, 4) is 0 Å². The highest BCUT2D eigenvalue weighted by Crippen LogP contribution is 2.36. The maximum absolute atomic E-state index is 11.9. The van der Waals surface area contributed by atoms with Crippen molar-refractivity contribution in [2.45, 2.75) is 52.0 Å². The van der Waals surface area contributed by atoms with Crippen LogP contribution in [0.5, 0.6) is 0 Å². The Balaban J connectivity index is 2.71. The summed E-state index contributed by atoms with van der Waals surface area (Å²) in [5.74, 6) is -0.940. The number of rotatable bonds is 5. The number of hydrogen-bond acceptors (Lipinski definition) is 3. The molecule has 17 heavy (non-hydrogen) atoms. The first-order valence-corrected chi connectivity index (χ1v) is 7.42. The van der Waals surface area contributed by atoms with Crippen LogP contribution < -0.4 is 4.72 Å². The Bertz CT molecular complexity index is 390. The molecule has 5 nitrogen and oxygen atoms in total. The van der Waals surface area contributed by atoms with E-state index in [4.69, 9.17) is 5.11 Å². The first-order valence-electron chi connectivity index (χ1n) is 5.77. The third-order valence-electron chi connectivity index (χ3n) is 2.80. The minimum atomic E-state index is -3.42. The van der Waals surface area contributed by atoms with Crippen LogP contribution in [0.15, 0.2) is 0 Å². The van der Waals surface area contributed by atoms with Gasteiger partial charge in [-0.3, -0.25) is 4.79 Å². The highest BCUT2D eigenvalue weighted by molar-refractivity contribution is 7.89. The molecule has 1 fully saturated rings. The van der Waals surface area contributed by atoms with E-state index in [0.717, 1.165) is 6.42 Å². The van der Waals surface area contributed by atoms with Gasteiger partial charge in [-0.25, -0.2) is 13.1 Å². The predicted molar refractivity (Wildman–Crippen MR) is 65.2 cm³/mol. The van der Waals surface area contributed by atoms with Crippen molar-refractivity contribution in [1.29, 1.82) is 0 Å². The minimum Gasteiger partial charge on any atom is -0.481 e. The lowest BCUT2D eigenvalue weighted by atomic mass is 9.75. The summed E-state index contributed by atoms with van der Waals surface area (Å²) < 4.78 is 26.4. The summed E-state index contributed by atoms with van der Waals surface area (Å²) in [7, 11) is -3.42. The van der Waals surface area contributed by atoms with Crippen LogP contribution in [0.25, 0.3) is 0 Å². The molecule has 1 saturated carbocycles. The van der Waals surface area contributed by atoms with Crippen LogP contribution >= 0.6 is 0 Å². The van der Waals surface area contributed by atoms with Gasteiger partial charge in [0, 0.05) is 5.54 Å². The van der Waals surface area contributed by atoms with Crippen molar-refractivity contribution in [3.05, 3.63) is 0 Å². The van der Waals surface area contributed by atoms with E-state index in [1.807, 2.05) is 20.8 Å². The monoisotopic (exact) mass is 263 g/mol. The smallest absolute Gasteiger partial charge is 0.305 e. The standard InChI is InChI=1S/C11H21NO4S/c1-10(2,3)8-17(15,16)12-11(5-4-6-11)7-9(13)14/h12H,4-8H2,1-3H3,(H,13,14). The van der Waals surface area contributed by atoms with E-state index >= 15 is 0 Å². The molecule has 0 heterocycles. The fraction of sp³-hybridized carbons (Fsp3) is 0.909. The van der Waals surface area contributed by atoms with Crippen LogP contribution in [0.2, 0.25) is 0 Å². The van der Waals surface area contributed by atoms with Crippen LogP contribution in [0.3, 0.4) is 0 Å². The van der Waals surface area contributed by atoms with Gasteiger partial charge in [-0.1, -0.05) is 20.8 Å². The molecule has 0 amide bonds. The molecule has 2 N–H and O–H groups in total. The van der Waals surface area contributed by atoms with Crippen molar-refractivity contribution in [2.24, 2.45) is 5.41 Å². The highest BCUT2D eigenvalue weighted by atomic mass is 32.2. The van der Waals surface area contributed by atoms with Crippen molar-refractivity contribution in [3.63, 3.8) is 0 Å². The lowest BCUT2D eigenvalue weighted by molar-refractivity contribution is -0.139. The van der Waals surface area contributed by atoms with Crippen LogP contribution in [0, 0.1) is 5.41 Å². The average molecular weight is 263 g/mol. The molecule has 0 aliphatic heterocycles. The largest absolute Gasteiger partial charge is 0.481 e. The molecule has 0 aromatic heterocycles. The van der Waals surface area contributed by atoms with Gasteiger partial charge in [0.1, 0.15) is 0 Å². The number of carbonyl (C=O) groups is 1. The normalized spacial score (nSPS) is 19.7. The third-order valence-corrected chi connectivity index (χ3v) is 4.79. The molecule has 100 valence electrons. The second kappa shape index (κ2) is 4.57. The van der Waals surface area contributed by atoms with Gasteiger partial charge in [-0.05, 0) is 24.7 Å². The number of aliphatic carboxylic acids is 1. The Morgan fingerprint density at radius 1 is 1.35 bits per heavy atom. The third kappa shape index (κ3) is 4.63. The molecule has 1 rings (SSSR count). The summed E-state index contributed by atoms with van der Waals surface area (Å²) in [6.07, 6.45) is 1.98. The molecule has 0 bridgehead atoms. The fourth-order valence-electron chi connectivity index (χ4n) is 2.14. The van der Waals surface area contributed by atoms with E-state index in [-0.39, 0.29) is 17.6 Å². The summed E-state index contributed by atoms with van der Waals surface area (Å²) in [4.78, 5) is 10.7. The second-order valence-electron chi connectivity index (χ2n) is 6.13. The van der Waals surface area contributed by atoms with Crippen molar-refractivity contribution in [1.82, 2.24) is 4.72 Å². The summed E-state index contributed by atoms with van der Waals surface area (Å²) >= 11 is 0. The van der Waals surface area contributed by atoms with Gasteiger partial charge in [0.05, 0.1) is 12.2 Å². The lowest BCUT2D eigenvalue weighted by Gasteiger charge is -2.41. The lowest BCUT2D eigenvalue weighted by Crippen LogP contribution is -2.55. The van der Waals surface area contributed by atoms with E-state index < -0.39 is 21.5 Å². The Kier molecular flexibility index (Phi) is 3.88. The minimum absolute atomic E-state index is 0.0152. The summed E-state index contributed by atoms with van der Waals surface area (Å²) in [5.41, 5.74) is -1.07. The molecule has 0 saturated heterocycles. The molecule has 6 heteroatoms. The Hall–Kier alpha value is -0.620. The van der Waals surface area contributed by atoms with E-state index in [1.54, 1.807) is 0 Å². The fourth-order valence-corrected chi connectivity index (χ4v) is 4.29. The SMILES string of the molecule is CC(C)(C)CS(=O)(=O)NC1(CC(=O)O)CCC1. The molecular weight excluding hydrogens is 242 g/mol. The van der Waals surface area contributed by atoms with E-state index in [1.165, 1.54) is 0 Å². The predicted octanol–water partition coefficient (Wildman–Crippen LogP) is 1.35. The van der Waals surface area contributed by atoms with Crippen LogP contribution in [0.4, 0.5) is 0 Å². The summed E-state index contributed by atoms with van der Waals surface area (Å²) in [6, 6.07) is 0. The molecule has 0 aromatic carbocycles. The van der Waals surface area contributed by atoms with Crippen molar-refractivity contribution in [2.75, 3.05) is 5.75 Å². The summed E-state index contributed by atoms with van der Waals surface area (Å²) in [5, 5.41) is 8.81. The first-order chi connectivity index (χ1) is 7.54. The van der Waals surface area contributed by atoms with Gasteiger partial charge in [-0.15, -0.1) is 0 Å². The highest BCUT2D eigenvalue weighted by Gasteiger charge is 2.42. The quantitative estimate of drug-likeness (QED) is 0.784. The Morgan fingerprint density at radius 3 is 2.18 bits per heavy atom. The topological polar surface area (TPSA) is 83.5 Å². The zero-order valence-electron chi connectivity index (χ0n) is 10.6. The molecule has 0 spiro atoms.